The van der Waals surface area contributed by atoms with Crippen LogP contribution in [0.5, 0.6) is 0 Å². The van der Waals surface area contributed by atoms with E-state index in [1.807, 2.05) is 16.7 Å². The predicted octanol–water partition coefficient (Wildman–Crippen LogP) is 3.69. The highest BCUT2D eigenvalue weighted by Crippen LogP contribution is 2.32. The number of nitrogens with one attached hydrogen (secondary N) is 1. The van der Waals surface area contributed by atoms with Crippen molar-refractivity contribution in [1.82, 2.24) is 8.87 Å². The number of hydrogen-bond donors (Lipinski definition) is 1. The first-order valence-corrected chi connectivity index (χ1v) is 14.4. The number of benzene rings is 1. The number of nitrogens with zero attached hydrogens (tertiary/aromatic N) is 3. The van der Waals surface area contributed by atoms with Gasteiger partial charge in [0.2, 0.25) is 5.91 Å². The summed E-state index contributed by atoms with van der Waals surface area (Å²) in [6, 6.07) is 7.58. The van der Waals surface area contributed by atoms with Crippen LogP contribution < -0.4 is 10.1 Å². The van der Waals surface area contributed by atoms with E-state index in [0.717, 1.165) is 28.0 Å². The Bertz CT molecular complexity index is 1430. The maximum atomic E-state index is 13.4. The number of amides is 2. The molecule has 1 aliphatic rings. The average molecular weight is 557 g/mol. The molecule has 1 N–H and O–H groups in total. The van der Waals surface area contributed by atoms with Crippen LogP contribution in [0.1, 0.15) is 26.2 Å². The van der Waals surface area contributed by atoms with Crippen molar-refractivity contribution in [2.45, 2.75) is 43.0 Å². The molecule has 1 saturated heterocycles. The summed E-state index contributed by atoms with van der Waals surface area (Å²) in [4.78, 5) is 29.7. The molecule has 3 aromatic rings. The summed E-state index contributed by atoms with van der Waals surface area (Å²) in [6.45, 7) is 2.55. The highest BCUT2D eigenvalue weighted by atomic mass is 35.5. The second-order valence-electron chi connectivity index (χ2n) is 8.03. The van der Waals surface area contributed by atoms with E-state index in [1.54, 1.807) is 13.2 Å². The first kappa shape index (κ1) is 26.0. The fourth-order valence-electron chi connectivity index (χ4n) is 4.00. The maximum absolute atomic E-state index is 13.4. The maximum Gasteiger partial charge on any atom is 0.266 e. The predicted molar refractivity (Wildman–Crippen MR) is 137 cm³/mol. The number of piperidine rings is 1. The molecule has 1 aromatic carbocycles. The SMILES string of the molecule is COCCn1c(=NC(=O)C2CCCCN2S(=O)(=O)c2ccc(Cl)s2)sc2cc(NC(C)=O)ccc21. The molecule has 35 heavy (non-hydrogen) atoms. The van der Waals surface area contributed by atoms with Crippen molar-refractivity contribution < 1.29 is 22.7 Å². The second-order valence-corrected chi connectivity index (χ2v) is 12.9. The molecule has 2 amide bonds. The Morgan fingerprint density at radius 1 is 1.23 bits per heavy atom. The molecule has 1 aliphatic heterocycles. The van der Waals surface area contributed by atoms with Crippen molar-refractivity contribution in [1.29, 1.82) is 0 Å². The molecule has 0 saturated carbocycles. The second kappa shape index (κ2) is 10.9. The van der Waals surface area contributed by atoms with Crippen LogP contribution in [0, 0.1) is 0 Å². The molecule has 0 bridgehead atoms. The third kappa shape index (κ3) is 5.68. The van der Waals surface area contributed by atoms with Crippen LogP contribution in [0.4, 0.5) is 5.69 Å². The van der Waals surface area contributed by atoms with Gasteiger partial charge >= 0.3 is 0 Å². The fourth-order valence-corrected chi connectivity index (χ4v) is 8.36. The van der Waals surface area contributed by atoms with Gasteiger partial charge in [0, 0.05) is 32.8 Å². The number of aromatic nitrogens is 1. The summed E-state index contributed by atoms with van der Waals surface area (Å²) in [5.74, 6) is -0.686. The van der Waals surface area contributed by atoms with E-state index in [1.165, 1.54) is 34.7 Å². The van der Waals surface area contributed by atoms with E-state index < -0.39 is 22.0 Å². The van der Waals surface area contributed by atoms with Crippen LogP contribution in [0.2, 0.25) is 4.34 Å². The minimum atomic E-state index is -3.87. The summed E-state index contributed by atoms with van der Waals surface area (Å²) in [5.41, 5.74) is 1.48. The normalized spacial score (nSPS) is 17.7. The van der Waals surface area contributed by atoms with Crippen molar-refractivity contribution in [3.8, 4) is 0 Å². The molecule has 1 unspecified atom stereocenters. The molecular formula is C22H25ClN4O5S3. The van der Waals surface area contributed by atoms with Crippen LogP contribution in [0.3, 0.4) is 0 Å². The first-order valence-electron chi connectivity index (χ1n) is 11.0. The highest BCUT2D eigenvalue weighted by Gasteiger charge is 2.38. The molecular weight excluding hydrogens is 532 g/mol. The number of carbonyl (C=O) groups is 2. The molecule has 188 valence electrons. The molecule has 1 fully saturated rings. The number of sulfonamides is 1. The van der Waals surface area contributed by atoms with Gasteiger partial charge in [0.1, 0.15) is 10.3 Å². The standard InChI is InChI=1S/C22H25ClN4O5S3/c1-14(28)24-15-6-7-16-18(13-15)33-22(26(16)11-12-32-2)25-21(29)17-5-3-4-10-27(17)35(30,31)20-9-8-19(23)34-20/h6-9,13,17H,3-5,10-12H2,1-2H3,(H,24,28). The first-order chi connectivity index (χ1) is 16.7. The summed E-state index contributed by atoms with van der Waals surface area (Å²) in [7, 11) is -2.28. The Balaban J connectivity index is 1.73. The Morgan fingerprint density at radius 2 is 2.03 bits per heavy atom. The van der Waals surface area contributed by atoms with Crippen LogP contribution in [-0.2, 0) is 30.9 Å². The number of halogens is 1. The highest BCUT2D eigenvalue weighted by molar-refractivity contribution is 7.91. The Morgan fingerprint density at radius 3 is 2.71 bits per heavy atom. The van der Waals surface area contributed by atoms with Crippen molar-refractivity contribution in [3.05, 3.63) is 39.5 Å². The van der Waals surface area contributed by atoms with Gasteiger partial charge in [-0.15, -0.1) is 11.3 Å². The van der Waals surface area contributed by atoms with Gasteiger partial charge in [-0.1, -0.05) is 29.4 Å². The van der Waals surface area contributed by atoms with E-state index in [9.17, 15) is 18.0 Å². The van der Waals surface area contributed by atoms with Crippen molar-refractivity contribution in [2.75, 3.05) is 25.6 Å². The number of hydrogen-bond acceptors (Lipinski definition) is 7. The molecule has 2 aromatic heterocycles. The van der Waals surface area contributed by atoms with E-state index in [4.69, 9.17) is 16.3 Å². The number of thiophene rings is 1. The van der Waals surface area contributed by atoms with Crippen LogP contribution >= 0.6 is 34.3 Å². The molecule has 4 rings (SSSR count). The number of ether oxygens (including phenoxy) is 1. The lowest BCUT2D eigenvalue weighted by atomic mass is 10.0. The van der Waals surface area contributed by atoms with E-state index in [2.05, 4.69) is 10.3 Å². The Kier molecular flexibility index (Phi) is 8.09. The summed E-state index contributed by atoms with van der Waals surface area (Å²) in [6.07, 6.45) is 1.81. The van der Waals surface area contributed by atoms with Gasteiger partial charge in [-0.05, 0) is 43.2 Å². The third-order valence-corrected chi connectivity index (χ3v) is 10.2. The molecule has 1 atom stereocenters. The summed E-state index contributed by atoms with van der Waals surface area (Å²) >= 11 is 8.24. The van der Waals surface area contributed by atoms with Gasteiger partial charge in [0.05, 0.1) is 21.2 Å². The van der Waals surface area contributed by atoms with E-state index in [0.29, 0.717) is 40.8 Å². The smallest absolute Gasteiger partial charge is 0.266 e. The summed E-state index contributed by atoms with van der Waals surface area (Å²) in [5, 5.41) is 2.76. The summed E-state index contributed by atoms with van der Waals surface area (Å²) < 4.78 is 36.2. The lowest BCUT2D eigenvalue weighted by Crippen LogP contribution is -2.47. The molecule has 9 nitrogen and oxygen atoms in total. The number of rotatable bonds is 7. The number of methoxy groups -OCH3 is 1. The number of carbonyl (C=O) groups excluding carboxylic acids is 2. The van der Waals surface area contributed by atoms with Crippen LogP contribution in [-0.4, -0.2) is 55.4 Å². The fraction of sp³-hybridized carbons (Fsp3) is 0.409. The number of fused-ring (bicyclic) bond motifs is 1. The van der Waals surface area contributed by atoms with Crippen molar-refractivity contribution in [3.63, 3.8) is 0 Å². The van der Waals surface area contributed by atoms with Gasteiger partial charge in [0.25, 0.3) is 15.9 Å². The lowest BCUT2D eigenvalue weighted by Gasteiger charge is -2.31. The lowest BCUT2D eigenvalue weighted by molar-refractivity contribution is -0.122. The molecule has 13 heteroatoms. The van der Waals surface area contributed by atoms with Gasteiger partial charge < -0.3 is 14.6 Å². The minimum Gasteiger partial charge on any atom is -0.383 e. The zero-order valence-corrected chi connectivity index (χ0v) is 22.4. The van der Waals surface area contributed by atoms with Crippen LogP contribution in [0.15, 0.2) is 39.5 Å². The molecule has 0 spiro atoms. The Labute approximate surface area is 216 Å². The quantitative estimate of drug-likeness (QED) is 0.477. The van der Waals surface area contributed by atoms with E-state index in [-0.39, 0.29) is 16.7 Å². The molecule has 3 heterocycles. The van der Waals surface area contributed by atoms with Gasteiger partial charge in [-0.3, -0.25) is 9.59 Å². The largest absolute Gasteiger partial charge is 0.383 e. The zero-order valence-electron chi connectivity index (χ0n) is 19.2. The van der Waals surface area contributed by atoms with Gasteiger partial charge in [-0.25, -0.2) is 8.42 Å². The third-order valence-electron chi connectivity index (χ3n) is 5.58. The Hall–Kier alpha value is -2.09. The van der Waals surface area contributed by atoms with Crippen molar-refractivity contribution in [2.24, 2.45) is 4.99 Å². The zero-order chi connectivity index (χ0) is 25.2. The van der Waals surface area contributed by atoms with Gasteiger partial charge in [0.15, 0.2) is 4.80 Å². The molecule has 0 aliphatic carbocycles. The number of anilines is 1. The molecule has 0 radical (unpaired) electrons. The minimum absolute atomic E-state index is 0.115. The average Bonchev–Trinajstić information content (AvgIpc) is 3.40. The topological polar surface area (TPSA) is 110 Å². The van der Waals surface area contributed by atoms with Crippen LogP contribution in [0.25, 0.3) is 10.2 Å². The number of thiazole rings is 1. The van der Waals surface area contributed by atoms with Crippen molar-refractivity contribution >= 4 is 72.0 Å². The van der Waals surface area contributed by atoms with E-state index >= 15 is 0 Å². The monoisotopic (exact) mass is 556 g/mol. The van der Waals surface area contributed by atoms with Gasteiger partial charge in [-0.2, -0.15) is 9.30 Å².